The van der Waals surface area contributed by atoms with Gasteiger partial charge in [0.05, 0.1) is 5.69 Å². The summed E-state index contributed by atoms with van der Waals surface area (Å²) in [5.41, 5.74) is 2.71. The van der Waals surface area contributed by atoms with E-state index >= 15 is 0 Å². The van der Waals surface area contributed by atoms with Gasteiger partial charge in [-0.1, -0.05) is 35.9 Å². The van der Waals surface area contributed by atoms with Crippen molar-refractivity contribution in [1.82, 2.24) is 14.8 Å². The number of carbonyl (C=O) groups is 1. The van der Waals surface area contributed by atoms with E-state index in [9.17, 15) is 9.18 Å². The van der Waals surface area contributed by atoms with Crippen LogP contribution in [0.1, 0.15) is 16.2 Å². The molecule has 0 bridgehead atoms. The number of rotatable bonds is 4. The van der Waals surface area contributed by atoms with Crippen LogP contribution in [0.25, 0.3) is 17.1 Å². The predicted molar refractivity (Wildman–Crippen MR) is 111 cm³/mol. The van der Waals surface area contributed by atoms with E-state index < -0.39 is 5.91 Å². The van der Waals surface area contributed by atoms with E-state index in [1.807, 2.05) is 37.3 Å². The van der Waals surface area contributed by atoms with E-state index in [4.69, 9.17) is 11.6 Å². The van der Waals surface area contributed by atoms with Crippen molar-refractivity contribution in [3.05, 3.63) is 95.0 Å². The van der Waals surface area contributed by atoms with Gasteiger partial charge >= 0.3 is 0 Å². The van der Waals surface area contributed by atoms with Gasteiger partial charge in [0.2, 0.25) is 5.82 Å². The van der Waals surface area contributed by atoms with Crippen molar-refractivity contribution in [3.8, 4) is 17.1 Å². The Morgan fingerprint density at radius 2 is 1.72 bits per heavy atom. The third-order valence-electron chi connectivity index (χ3n) is 4.43. The Morgan fingerprint density at radius 3 is 2.45 bits per heavy atom. The first kappa shape index (κ1) is 18.8. The van der Waals surface area contributed by atoms with Gasteiger partial charge in [0.15, 0.2) is 5.82 Å². The van der Waals surface area contributed by atoms with Crippen molar-refractivity contribution in [1.29, 1.82) is 0 Å². The molecule has 1 aromatic heterocycles. The van der Waals surface area contributed by atoms with Crippen LogP contribution in [0.3, 0.4) is 0 Å². The molecule has 4 aromatic rings. The molecule has 0 saturated carbocycles. The normalized spacial score (nSPS) is 10.7. The van der Waals surface area contributed by atoms with Gasteiger partial charge in [0.1, 0.15) is 5.82 Å². The highest BCUT2D eigenvalue weighted by atomic mass is 35.5. The minimum Gasteiger partial charge on any atom is -0.319 e. The molecule has 0 fully saturated rings. The zero-order chi connectivity index (χ0) is 20.4. The molecule has 0 spiro atoms. The zero-order valence-electron chi connectivity index (χ0n) is 15.4. The van der Waals surface area contributed by atoms with Crippen LogP contribution in [0.4, 0.5) is 10.1 Å². The fourth-order valence-electron chi connectivity index (χ4n) is 2.86. The number of halogens is 2. The summed E-state index contributed by atoms with van der Waals surface area (Å²) in [7, 11) is 0. The van der Waals surface area contributed by atoms with E-state index in [-0.39, 0.29) is 11.6 Å². The first-order chi connectivity index (χ1) is 14.0. The van der Waals surface area contributed by atoms with E-state index in [0.717, 1.165) is 11.3 Å². The second-order valence-corrected chi connectivity index (χ2v) is 6.79. The maximum atomic E-state index is 13.4. The number of hydrogen-bond donors (Lipinski definition) is 1. The summed E-state index contributed by atoms with van der Waals surface area (Å²) in [6.07, 6.45) is 0. The Balaban J connectivity index is 1.75. The molecular weight excluding hydrogens is 391 g/mol. The predicted octanol–water partition coefficient (Wildman–Crippen LogP) is 5.29. The lowest BCUT2D eigenvalue weighted by Gasteiger charge is -2.07. The second kappa shape index (κ2) is 7.85. The van der Waals surface area contributed by atoms with Crippen molar-refractivity contribution in [2.24, 2.45) is 0 Å². The fourth-order valence-corrected chi connectivity index (χ4v) is 3.04. The van der Waals surface area contributed by atoms with Crippen LogP contribution in [-0.4, -0.2) is 20.7 Å². The average molecular weight is 407 g/mol. The molecule has 0 saturated heterocycles. The van der Waals surface area contributed by atoms with E-state index in [0.29, 0.717) is 22.1 Å². The molecule has 1 N–H and O–H groups in total. The highest BCUT2D eigenvalue weighted by molar-refractivity contribution is 6.31. The molecule has 5 nitrogen and oxygen atoms in total. The molecule has 144 valence electrons. The molecular formula is C22H16ClFN4O. The van der Waals surface area contributed by atoms with E-state index in [1.54, 1.807) is 35.0 Å². The number of para-hydroxylation sites is 1. The number of nitrogens with one attached hydrogen (secondary N) is 1. The third kappa shape index (κ3) is 3.88. The van der Waals surface area contributed by atoms with Crippen LogP contribution in [0, 0.1) is 12.7 Å². The topological polar surface area (TPSA) is 59.8 Å². The number of aromatic nitrogens is 3. The lowest BCUT2D eigenvalue weighted by molar-refractivity contribution is 0.101. The summed E-state index contributed by atoms with van der Waals surface area (Å²) < 4.78 is 14.9. The smallest absolute Gasteiger partial charge is 0.295 e. The lowest BCUT2D eigenvalue weighted by atomic mass is 10.2. The summed E-state index contributed by atoms with van der Waals surface area (Å²) in [6.45, 7) is 1.82. The fraction of sp³-hybridized carbons (Fsp3) is 0.0455. The maximum Gasteiger partial charge on any atom is 0.295 e. The molecule has 1 amide bonds. The van der Waals surface area contributed by atoms with Crippen molar-refractivity contribution >= 4 is 23.2 Å². The molecule has 0 radical (unpaired) electrons. The first-order valence-corrected chi connectivity index (χ1v) is 9.25. The van der Waals surface area contributed by atoms with Crippen molar-refractivity contribution in [3.63, 3.8) is 0 Å². The highest BCUT2D eigenvalue weighted by Gasteiger charge is 2.19. The summed E-state index contributed by atoms with van der Waals surface area (Å²) in [5.74, 6) is -0.390. The zero-order valence-corrected chi connectivity index (χ0v) is 16.2. The molecule has 4 rings (SSSR count). The Hall–Kier alpha value is -3.51. The van der Waals surface area contributed by atoms with Crippen LogP contribution in [0.15, 0.2) is 72.8 Å². The van der Waals surface area contributed by atoms with Gasteiger partial charge in [-0.2, -0.15) is 0 Å². The van der Waals surface area contributed by atoms with Crippen molar-refractivity contribution in [2.75, 3.05) is 5.32 Å². The van der Waals surface area contributed by atoms with Gasteiger partial charge in [-0.3, -0.25) is 4.79 Å². The number of amides is 1. The molecule has 0 aliphatic heterocycles. The molecule has 0 aliphatic carbocycles. The number of nitrogens with zero attached hydrogens (tertiary/aromatic N) is 3. The largest absolute Gasteiger partial charge is 0.319 e. The van der Waals surface area contributed by atoms with Gasteiger partial charge in [0, 0.05) is 16.3 Å². The molecule has 0 atom stereocenters. The van der Waals surface area contributed by atoms with Crippen LogP contribution >= 0.6 is 11.6 Å². The lowest BCUT2D eigenvalue weighted by Crippen LogP contribution is -2.15. The Morgan fingerprint density at radius 1 is 1.00 bits per heavy atom. The summed E-state index contributed by atoms with van der Waals surface area (Å²) in [5, 5.41) is 7.75. The van der Waals surface area contributed by atoms with Crippen LogP contribution in [0.5, 0.6) is 0 Å². The van der Waals surface area contributed by atoms with Gasteiger partial charge in [0.25, 0.3) is 5.91 Å². The minimum absolute atomic E-state index is 0.00689. The molecule has 0 aliphatic rings. The van der Waals surface area contributed by atoms with Gasteiger partial charge in [-0.25, -0.2) is 14.1 Å². The van der Waals surface area contributed by atoms with Crippen LogP contribution < -0.4 is 5.32 Å². The number of hydrogen-bond acceptors (Lipinski definition) is 3. The Bertz CT molecular complexity index is 1170. The monoisotopic (exact) mass is 406 g/mol. The highest BCUT2D eigenvalue weighted by Crippen LogP contribution is 2.25. The standard InChI is InChI=1S/C22H16ClFN4O/c1-14-18(23)8-5-9-19(14)25-22(29)20-26-21(15-10-12-16(24)13-11-15)28(27-20)17-6-3-2-4-7-17/h2-13H,1H3,(H,25,29). The molecule has 7 heteroatoms. The second-order valence-electron chi connectivity index (χ2n) is 6.38. The quantitative estimate of drug-likeness (QED) is 0.501. The Kier molecular flexibility index (Phi) is 5.10. The van der Waals surface area contributed by atoms with Gasteiger partial charge < -0.3 is 5.32 Å². The van der Waals surface area contributed by atoms with E-state index in [1.165, 1.54) is 12.1 Å². The molecule has 0 unspecified atom stereocenters. The Labute approximate surface area is 171 Å². The van der Waals surface area contributed by atoms with Crippen LogP contribution in [-0.2, 0) is 0 Å². The minimum atomic E-state index is -0.464. The number of carbonyl (C=O) groups excluding carboxylic acids is 1. The van der Waals surface area contributed by atoms with Gasteiger partial charge in [-0.05, 0) is 61.0 Å². The SMILES string of the molecule is Cc1c(Cl)cccc1NC(=O)c1nc(-c2ccc(F)cc2)n(-c2ccccc2)n1. The summed E-state index contributed by atoms with van der Waals surface area (Å²) in [4.78, 5) is 17.2. The van der Waals surface area contributed by atoms with E-state index in [2.05, 4.69) is 15.4 Å². The van der Waals surface area contributed by atoms with Gasteiger partial charge in [-0.15, -0.1) is 5.10 Å². The molecule has 1 heterocycles. The third-order valence-corrected chi connectivity index (χ3v) is 4.84. The maximum absolute atomic E-state index is 13.4. The first-order valence-electron chi connectivity index (χ1n) is 8.88. The molecule has 3 aromatic carbocycles. The average Bonchev–Trinajstić information content (AvgIpc) is 3.18. The molecule has 29 heavy (non-hydrogen) atoms. The summed E-state index contributed by atoms with van der Waals surface area (Å²) >= 11 is 6.13. The van der Waals surface area contributed by atoms with Crippen molar-refractivity contribution in [2.45, 2.75) is 6.92 Å². The summed E-state index contributed by atoms with van der Waals surface area (Å²) in [6, 6.07) is 20.5. The van der Waals surface area contributed by atoms with Crippen molar-refractivity contribution < 1.29 is 9.18 Å². The number of benzene rings is 3. The van der Waals surface area contributed by atoms with Crippen LogP contribution in [0.2, 0.25) is 5.02 Å². The number of anilines is 1.